The van der Waals surface area contributed by atoms with Crippen molar-refractivity contribution >= 4 is 0 Å². The van der Waals surface area contributed by atoms with Crippen molar-refractivity contribution in [2.45, 2.75) is 46.4 Å². The maximum atomic E-state index is 12.6. The van der Waals surface area contributed by atoms with Gasteiger partial charge in [0, 0.05) is 0 Å². The lowest BCUT2D eigenvalue weighted by Gasteiger charge is -2.16. The van der Waals surface area contributed by atoms with Gasteiger partial charge in [0.1, 0.15) is 0 Å². The monoisotopic (exact) mass is 248 g/mol. The molecule has 0 spiro atoms. The van der Waals surface area contributed by atoms with Crippen molar-refractivity contribution in [2.24, 2.45) is 0 Å². The first-order valence-electron chi connectivity index (χ1n) is 5.67. The van der Waals surface area contributed by atoms with Gasteiger partial charge < -0.3 is 5.11 Å². The van der Waals surface area contributed by atoms with E-state index in [9.17, 15) is 13.2 Å². The topological polar surface area (TPSA) is 20.2 Å². The van der Waals surface area contributed by atoms with Crippen LogP contribution in [-0.2, 0) is 12.8 Å². The Morgan fingerprint density at radius 3 is 2.06 bits per heavy atom. The molecule has 0 aromatic heterocycles. The average Bonchev–Trinajstić information content (AvgIpc) is 2.29. The summed E-state index contributed by atoms with van der Waals surface area (Å²) in [7, 11) is 0. The minimum absolute atomic E-state index is 0.215. The molecular weight excluding hydrogens is 229 g/mol. The number of alkyl halides is 3. The average molecular weight is 248 g/mol. The van der Waals surface area contributed by atoms with Gasteiger partial charge in [0.05, 0.1) is 12.2 Å². The fourth-order valence-electron chi connectivity index (χ4n) is 1.45. The van der Waals surface area contributed by atoms with Crippen LogP contribution in [0.4, 0.5) is 13.2 Å². The van der Waals surface area contributed by atoms with Crippen molar-refractivity contribution in [2.75, 3.05) is 0 Å². The Morgan fingerprint density at radius 1 is 1.18 bits per heavy atom. The lowest BCUT2D eigenvalue weighted by atomic mass is 9.95. The van der Waals surface area contributed by atoms with E-state index in [1.54, 1.807) is 13.8 Å². The van der Waals surface area contributed by atoms with Crippen molar-refractivity contribution in [1.82, 2.24) is 0 Å². The van der Waals surface area contributed by atoms with E-state index in [2.05, 4.69) is 0 Å². The van der Waals surface area contributed by atoms with E-state index in [-0.39, 0.29) is 18.1 Å². The van der Waals surface area contributed by atoms with Crippen molar-refractivity contribution in [3.63, 3.8) is 0 Å². The van der Waals surface area contributed by atoms with Gasteiger partial charge in [-0.2, -0.15) is 13.2 Å². The number of hydrogen-bond acceptors (Lipinski definition) is 1. The number of hydrogen-bond donors (Lipinski definition) is 1. The number of halogens is 3. The second-order valence-electron chi connectivity index (χ2n) is 3.73. The van der Waals surface area contributed by atoms with Gasteiger partial charge in [0.2, 0.25) is 0 Å². The molecule has 0 atom stereocenters. The molecule has 1 nitrogen and oxygen atoms in total. The minimum atomic E-state index is -4.33. The lowest BCUT2D eigenvalue weighted by Crippen LogP contribution is -2.10. The molecule has 1 rings (SSSR count). The van der Waals surface area contributed by atoms with E-state index < -0.39 is 11.7 Å². The molecule has 1 aromatic carbocycles. The Balaban J connectivity index is 0.00000121. The molecule has 0 heterocycles. The molecule has 17 heavy (non-hydrogen) atoms. The van der Waals surface area contributed by atoms with Gasteiger partial charge in [0.25, 0.3) is 0 Å². The molecule has 0 unspecified atom stereocenters. The molecule has 0 saturated heterocycles. The quantitative estimate of drug-likeness (QED) is 0.825. The van der Waals surface area contributed by atoms with Gasteiger partial charge in [-0.1, -0.05) is 39.8 Å². The van der Waals surface area contributed by atoms with Gasteiger partial charge in [-0.15, -0.1) is 0 Å². The molecule has 0 saturated carbocycles. The molecule has 0 fully saturated rings. The highest BCUT2D eigenvalue weighted by Crippen LogP contribution is 2.35. The van der Waals surface area contributed by atoms with Gasteiger partial charge >= 0.3 is 6.18 Å². The lowest BCUT2D eigenvalue weighted by molar-refractivity contribution is -0.138. The molecule has 0 radical (unpaired) electrons. The van der Waals surface area contributed by atoms with E-state index in [0.717, 1.165) is 6.07 Å². The highest BCUT2D eigenvalue weighted by Gasteiger charge is 2.33. The van der Waals surface area contributed by atoms with Crippen molar-refractivity contribution in [3.05, 3.63) is 34.9 Å². The summed E-state index contributed by atoms with van der Waals surface area (Å²) in [5, 5.41) is 8.86. The fraction of sp³-hybridized carbons (Fsp3) is 0.538. The van der Waals surface area contributed by atoms with Crippen molar-refractivity contribution < 1.29 is 18.3 Å². The van der Waals surface area contributed by atoms with Crippen molar-refractivity contribution in [1.29, 1.82) is 0 Å². The predicted octanol–water partition coefficient (Wildman–Crippen LogP) is 4.35. The number of rotatable bonds is 2. The molecule has 98 valence electrons. The van der Waals surface area contributed by atoms with E-state index in [1.165, 1.54) is 12.1 Å². The summed E-state index contributed by atoms with van der Waals surface area (Å²) < 4.78 is 37.7. The van der Waals surface area contributed by atoms with Crippen LogP contribution in [-0.4, -0.2) is 5.11 Å². The van der Waals surface area contributed by atoms with Crippen molar-refractivity contribution in [3.8, 4) is 0 Å². The van der Waals surface area contributed by atoms with Crippen LogP contribution in [0.3, 0.4) is 0 Å². The Bertz CT molecular complexity index is 343. The number of aliphatic hydroxyl groups is 1. The zero-order valence-electron chi connectivity index (χ0n) is 10.6. The van der Waals surface area contributed by atoms with Crippen LogP contribution in [0.15, 0.2) is 18.2 Å². The second kappa shape index (κ2) is 6.64. The molecule has 1 N–H and O–H groups in total. The molecular formula is C13H19F3O. The van der Waals surface area contributed by atoms with Crippen LogP contribution >= 0.6 is 0 Å². The summed E-state index contributed by atoms with van der Waals surface area (Å²) in [4.78, 5) is 0. The smallest absolute Gasteiger partial charge is 0.392 e. The highest BCUT2D eigenvalue weighted by molar-refractivity contribution is 5.35. The van der Waals surface area contributed by atoms with Crippen LogP contribution in [0.5, 0.6) is 0 Å². The third kappa shape index (κ3) is 4.38. The van der Waals surface area contributed by atoms with Crippen LogP contribution in [0, 0.1) is 0 Å². The van der Waals surface area contributed by atoms with E-state index >= 15 is 0 Å². The van der Waals surface area contributed by atoms with Crippen LogP contribution in [0.2, 0.25) is 0 Å². The Hall–Kier alpha value is -1.03. The molecule has 0 amide bonds. The predicted molar refractivity (Wildman–Crippen MR) is 62.8 cm³/mol. The maximum Gasteiger partial charge on any atom is 0.416 e. The van der Waals surface area contributed by atoms with Gasteiger partial charge in [0.15, 0.2) is 0 Å². The van der Waals surface area contributed by atoms with E-state index in [0.29, 0.717) is 5.56 Å². The molecule has 0 bridgehead atoms. The molecule has 0 aliphatic carbocycles. The Labute approximate surface area is 100 Å². The second-order valence-corrected chi connectivity index (χ2v) is 3.73. The molecule has 4 heteroatoms. The van der Waals surface area contributed by atoms with E-state index in [1.807, 2.05) is 13.8 Å². The summed E-state index contributed by atoms with van der Waals surface area (Å²) in [6.45, 7) is 7.16. The Morgan fingerprint density at radius 2 is 1.71 bits per heavy atom. The maximum absolute atomic E-state index is 12.6. The summed E-state index contributed by atoms with van der Waals surface area (Å²) in [6.07, 6.45) is -4.33. The normalized spacial score (nSPS) is 11.1. The summed E-state index contributed by atoms with van der Waals surface area (Å²) in [5.41, 5.74) is 0.121. The molecule has 1 aromatic rings. The highest BCUT2D eigenvalue weighted by atomic mass is 19.4. The first-order valence-corrected chi connectivity index (χ1v) is 5.67. The zero-order valence-corrected chi connectivity index (χ0v) is 10.6. The first-order chi connectivity index (χ1) is 7.86. The van der Waals surface area contributed by atoms with E-state index in [4.69, 9.17) is 5.11 Å². The fourth-order valence-corrected chi connectivity index (χ4v) is 1.45. The largest absolute Gasteiger partial charge is 0.416 e. The van der Waals surface area contributed by atoms with Gasteiger partial charge in [-0.3, -0.25) is 0 Å². The zero-order chi connectivity index (χ0) is 13.6. The Kier molecular flexibility index (Phi) is 6.24. The van der Waals surface area contributed by atoms with Crippen LogP contribution < -0.4 is 0 Å². The third-order valence-corrected chi connectivity index (χ3v) is 2.23. The van der Waals surface area contributed by atoms with Gasteiger partial charge in [-0.25, -0.2) is 0 Å². The first kappa shape index (κ1) is 16.0. The summed E-state index contributed by atoms with van der Waals surface area (Å²) in [5.74, 6) is -0.215. The number of aliphatic hydroxyl groups excluding tert-OH is 1. The SMILES string of the molecule is CC.CC(C)c1cc(CO)ccc1C(F)(F)F. The van der Waals surface area contributed by atoms with Crippen LogP contribution in [0.25, 0.3) is 0 Å². The van der Waals surface area contributed by atoms with Crippen LogP contribution in [0.1, 0.15) is 50.3 Å². The van der Waals surface area contributed by atoms with Gasteiger partial charge in [-0.05, 0) is 23.1 Å². The third-order valence-electron chi connectivity index (χ3n) is 2.23. The summed E-state index contributed by atoms with van der Waals surface area (Å²) in [6, 6.07) is 3.74. The summed E-state index contributed by atoms with van der Waals surface area (Å²) >= 11 is 0. The number of benzene rings is 1. The minimum Gasteiger partial charge on any atom is -0.392 e. The molecule has 0 aliphatic rings. The standard InChI is InChI=1S/C11H13F3O.C2H6/c1-7(2)9-5-8(6-15)3-4-10(9)11(12,13)14;1-2/h3-5,7,15H,6H2,1-2H3;1-2H3. The molecule has 0 aliphatic heterocycles.